The van der Waals surface area contributed by atoms with Gasteiger partial charge < -0.3 is 14.7 Å². The van der Waals surface area contributed by atoms with E-state index >= 15 is 0 Å². The number of carbonyl (C=O) groups is 1. The Morgan fingerprint density at radius 2 is 2.00 bits per heavy atom. The van der Waals surface area contributed by atoms with Gasteiger partial charge in [0.15, 0.2) is 6.23 Å². The summed E-state index contributed by atoms with van der Waals surface area (Å²) in [7, 11) is 0. The lowest BCUT2D eigenvalue weighted by molar-refractivity contribution is -0.132. The summed E-state index contributed by atoms with van der Waals surface area (Å²) < 4.78 is 6.51. The Morgan fingerprint density at radius 3 is 2.73 bits per heavy atom. The van der Waals surface area contributed by atoms with Gasteiger partial charge in [-0.1, -0.05) is 36.4 Å². The molecule has 2 unspecified atom stereocenters. The van der Waals surface area contributed by atoms with Crippen molar-refractivity contribution in [3.05, 3.63) is 70.3 Å². The smallest absolute Gasteiger partial charge is 0.332 e. The fraction of sp³-hybridized carbons (Fsp3) is 0.286. The lowest BCUT2D eigenvalue weighted by Gasteiger charge is -2.28. The second kappa shape index (κ2) is 6.56. The number of aliphatic carboxylic acids is 1. The van der Waals surface area contributed by atoms with E-state index in [1.165, 1.54) is 16.7 Å². The molecule has 0 radical (unpaired) electrons. The maximum absolute atomic E-state index is 11.7. The summed E-state index contributed by atoms with van der Waals surface area (Å²) in [5, 5.41) is 9.59. The van der Waals surface area contributed by atoms with Crippen LogP contribution in [0.4, 0.5) is 5.69 Å². The Hall–Kier alpha value is -2.11. The molecule has 0 aromatic heterocycles. The minimum Gasteiger partial charge on any atom is -0.478 e. The molecule has 2 aromatic carbocycles. The lowest BCUT2D eigenvalue weighted by Crippen LogP contribution is -2.30. The molecule has 2 aliphatic rings. The van der Waals surface area contributed by atoms with Gasteiger partial charge in [0.25, 0.3) is 0 Å². The van der Waals surface area contributed by atoms with Crippen LogP contribution < -0.4 is 4.90 Å². The summed E-state index contributed by atoms with van der Waals surface area (Å²) in [6, 6.07) is 14.4. The first-order valence-corrected chi connectivity index (χ1v) is 9.44. The van der Waals surface area contributed by atoms with Crippen molar-refractivity contribution in [1.82, 2.24) is 0 Å². The molecule has 0 saturated carbocycles. The van der Waals surface area contributed by atoms with Gasteiger partial charge in [0.2, 0.25) is 0 Å². The van der Waals surface area contributed by atoms with Crippen LogP contribution in [0, 0.1) is 13.8 Å². The Morgan fingerprint density at radius 1 is 1.23 bits per heavy atom. The van der Waals surface area contributed by atoms with E-state index in [0.717, 1.165) is 17.8 Å². The van der Waals surface area contributed by atoms with E-state index in [4.69, 9.17) is 4.74 Å². The highest BCUT2D eigenvalue weighted by Crippen LogP contribution is 2.45. The van der Waals surface area contributed by atoms with Gasteiger partial charge in [0, 0.05) is 28.7 Å². The summed E-state index contributed by atoms with van der Waals surface area (Å²) in [5.41, 5.74) is 6.02. The molecule has 1 fully saturated rings. The number of fused-ring (bicyclic) bond motifs is 2. The molecule has 1 N–H and O–H groups in total. The van der Waals surface area contributed by atoms with Crippen LogP contribution in [0.1, 0.15) is 28.7 Å². The summed E-state index contributed by atoms with van der Waals surface area (Å²) in [4.78, 5) is 13.9. The van der Waals surface area contributed by atoms with Gasteiger partial charge in [0.05, 0.1) is 5.57 Å². The van der Waals surface area contributed by atoms with E-state index in [1.807, 2.05) is 24.3 Å². The molecule has 0 bridgehead atoms. The van der Waals surface area contributed by atoms with Gasteiger partial charge >= 0.3 is 5.97 Å². The zero-order valence-corrected chi connectivity index (χ0v) is 16.3. The molecule has 4 rings (SSSR count). The molecule has 2 atom stereocenters. The first-order chi connectivity index (χ1) is 12.5. The predicted octanol–water partition coefficient (Wildman–Crippen LogP) is 4.63. The molecule has 1 saturated heterocycles. The van der Waals surface area contributed by atoms with Gasteiger partial charge in [0.1, 0.15) is 6.10 Å². The molecule has 0 amide bonds. The Bertz CT molecular complexity index is 921. The third-order valence-corrected chi connectivity index (χ3v) is 6.07. The normalized spacial score (nSPS) is 24.3. The first-order valence-electron chi connectivity index (χ1n) is 8.65. The van der Waals surface area contributed by atoms with Gasteiger partial charge in [-0.15, -0.1) is 0 Å². The van der Waals surface area contributed by atoms with Crippen molar-refractivity contribution in [3.8, 4) is 0 Å². The van der Waals surface area contributed by atoms with E-state index in [2.05, 4.69) is 52.9 Å². The van der Waals surface area contributed by atoms with Crippen LogP contribution in [-0.2, 0) is 16.1 Å². The highest BCUT2D eigenvalue weighted by Gasteiger charge is 2.47. The van der Waals surface area contributed by atoms with Gasteiger partial charge in [-0.3, -0.25) is 0 Å². The predicted molar refractivity (Wildman–Crippen MR) is 105 cm³/mol. The van der Waals surface area contributed by atoms with Crippen LogP contribution in [0.15, 0.2) is 48.0 Å². The third kappa shape index (κ3) is 3.06. The number of para-hydroxylation sites is 1. The van der Waals surface area contributed by atoms with Crippen molar-refractivity contribution in [2.45, 2.75) is 39.1 Å². The SMILES string of the molecule is Cc1ccc(CN2c3ccccc3/C(Br)=C(/C(=O)O)CC3OC32)cc1C. The molecule has 0 aliphatic carbocycles. The average Bonchev–Trinajstić information content (AvgIpc) is 3.37. The highest BCUT2D eigenvalue weighted by molar-refractivity contribution is 9.15. The van der Waals surface area contributed by atoms with Crippen molar-refractivity contribution in [3.63, 3.8) is 0 Å². The summed E-state index contributed by atoms with van der Waals surface area (Å²) in [6.07, 6.45) is 0.222. The summed E-state index contributed by atoms with van der Waals surface area (Å²) in [5.74, 6) is -0.900. The van der Waals surface area contributed by atoms with E-state index in [9.17, 15) is 9.90 Å². The number of carboxylic acid groups (broad SMARTS) is 1. The van der Waals surface area contributed by atoms with Crippen molar-refractivity contribution in [2.75, 3.05) is 4.90 Å². The van der Waals surface area contributed by atoms with Gasteiger partial charge in [-0.25, -0.2) is 4.79 Å². The first kappa shape index (κ1) is 17.3. The molecule has 2 heterocycles. The number of halogens is 1. The maximum Gasteiger partial charge on any atom is 0.332 e. The quantitative estimate of drug-likeness (QED) is 0.745. The maximum atomic E-state index is 11.7. The molecule has 5 heteroatoms. The van der Waals surface area contributed by atoms with Crippen LogP contribution in [0.5, 0.6) is 0 Å². The number of hydrogen-bond acceptors (Lipinski definition) is 3. The number of anilines is 1. The molecule has 0 spiro atoms. The number of benzene rings is 2. The zero-order chi connectivity index (χ0) is 18.4. The van der Waals surface area contributed by atoms with Gasteiger partial charge in [-0.05, 0) is 52.5 Å². The molecule has 134 valence electrons. The molecular weight excluding hydrogens is 394 g/mol. The zero-order valence-electron chi connectivity index (χ0n) is 14.7. The third-order valence-electron chi connectivity index (χ3n) is 5.17. The average molecular weight is 414 g/mol. The molecule has 26 heavy (non-hydrogen) atoms. The second-order valence-electron chi connectivity index (χ2n) is 6.93. The van der Waals surface area contributed by atoms with Crippen molar-refractivity contribution in [2.24, 2.45) is 0 Å². The number of hydrogen-bond donors (Lipinski definition) is 1. The van der Waals surface area contributed by atoms with Gasteiger partial charge in [-0.2, -0.15) is 0 Å². The van der Waals surface area contributed by atoms with Crippen LogP contribution >= 0.6 is 15.9 Å². The Balaban J connectivity index is 1.78. The monoisotopic (exact) mass is 413 g/mol. The lowest BCUT2D eigenvalue weighted by atomic mass is 10.00. The minimum atomic E-state index is -0.900. The van der Waals surface area contributed by atoms with E-state index in [0.29, 0.717) is 16.5 Å². The van der Waals surface area contributed by atoms with E-state index < -0.39 is 5.97 Å². The highest BCUT2D eigenvalue weighted by atomic mass is 79.9. The fourth-order valence-corrected chi connectivity index (χ4v) is 4.18. The van der Waals surface area contributed by atoms with E-state index in [1.54, 1.807) is 0 Å². The topological polar surface area (TPSA) is 53.1 Å². The van der Waals surface area contributed by atoms with Crippen LogP contribution in [-0.4, -0.2) is 23.4 Å². The van der Waals surface area contributed by atoms with Crippen LogP contribution in [0.2, 0.25) is 0 Å². The summed E-state index contributed by atoms with van der Waals surface area (Å²) in [6.45, 7) is 4.96. The molecule has 4 nitrogen and oxygen atoms in total. The Kier molecular flexibility index (Phi) is 4.37. The van der Waals surface area contributed by atoms with Crippen molar-refractivity contribution in [1.29, 1.82) is 0 Å². The molecule has 2 aliphatic heterocycles. The number of ether oxygens (including phenoxy) is 1. The Labute approximate surface area is 161 Å². The van der Waals surface area contributed by atoms with Crippen molar-refractivity contribution >= 4 is 32.1 Å². The molecular formula is C21H20BrNO3. The second-order valence-corrected chi connectivity index (χ2v) is 7.72. The summed E-state index contributed by atoms with van der Waals surface area (Å²) >= 11 is 3.54. The van der Waals surface area contributed by atoms with Crippen LogP contribution in [0.3, 0.4) is 0 Å². The van der Waals surface area contributed by atoms with E-state index in [-0.39, 0.29) is 12.3 Å². The molecule has 2 aromatic rings. The largest absolute Gasteiger partial charge is 0.478 e. The standard InChI is InChI=1S/C21H20BrNO3/c1-12-7-8-14(9-13(12)2)11-23-17-6-4-3-5-15(17)19(22)16(21(24)25)10-18-20(23)26-18/h3-9,18,20H,10-11H2,1-2H3,(H,24,25)/b19-16-. The van der Waals surface area contributed by atoms with Crippen LogP contribution in [0.25, 0.3) is 4.48 Å². The number of nitrogens with zero attached hydrogens (tertiary/aromatic N) is 1. The number of epoxide rings is 1. The number of rotatable bonds is 3. The number of carboxylic acids is 1. The fourth-order valence-electron chi connectivity index (χ4n) is 3.51. The van der Waals surface area contributed by atoms with Crippen molar-refractivity contribution < 1.29 is 14.6 Å². The number of aryl methyl sites for hydroxylation is 2. The minimum absolute atomic E-state index is 0.0893.